The first-order valence-corrected chi connectivity index (χ1v) is 10.9. The number of nitrogens with two attached hydrogens (primary N) is 1. The number of carbonyl (C=O) groups excluding carboxylic acids is 1. The van der Waals surface area contributed by atoms with Crippen molar-refractivity contribution in [3.05, 3.63) is 46.3 Å². The highest BCUT2D eigenvalue weighted by Crippen LogP contribution is 2.28. The van der Waals surface area contributed by atoms with Crippen molar-refractivity contribution >= 4 is 22.9 Å². The molecule has 0 saturated heterocycles. The number of imidazole rings is 1. The molecule has 1 amide bonds. The van der Waals surface area contributed by atoms with Gasteiger partial charge < -0.3 is 15.6 Å². The molecule has 3 aromatic rings. The molecule has 3 N–H and O–H groups in total. The van der Waals surface area contributed by atoms with Crippen molar-refractivity contribution in [1.29, 1.82) is 0 Å². The van der Waals surface area contributed by atoms with Gasteiger partial charge in [-0.25, -0.2) is 4.98 Å². The topological polar surface area (TPSA) is 98.7 Å². The Bertz CT molecular complexity index is 1140. The molecule has 164 valence electrons. The number of anilines is 1. The van der Waals surface area contributed by atoms with Gasteiger partial charge in [0.15, 0.2) is 17.0 Å². The van der Waals surface area contributed by atoms with Gasteiger partial charge in [0, 0.05) is 25.9 Å². The fourth-order valence-electron chi connectivity index (χ4n) is 4.32. The minimum absolute atomic E-state index is 0.00393. The first-order chi connectivity index (χ1) is 14.8. The second-order valence-corrected chi connectivity index (χ2v) is 8.76. The van der Waals surface area contributed by atoms with E-state index in [1.807, 2.05) is 18.4 Å². The largest absolute Gasteiger partial charge is 0.382 e. The lowest BCUT2D eigenvalue weighted by Crippen LogP contribution is -2.28. The summed E-state index contributed by atoms with van der Waals surface area (Å²) >= 11 is 0. The third-order valence-electron chi connectivity index (χ3n) is 5.82. The molecule has 31 heavy (non-hydrogen) atoms. The zero-order chi connectivity index (χ0) is 22.1. The van der Waals surface area contributed by atoms with Crippen LogP contribution in [0.25, 0.3) is 11.2 Å². The van der Waals surface area contributed by atoms with Crippen LogP contribution in [0.15, 0.2) is 12.1 Å². The summed E-state index contributed by atoms with van der Waals surface area (Å²) in [5, 5.41) is 2.93. The van der Waals surface area contributed by atoms with Gasteiger partial charge in [-0.05, 0) is 54.4 Å². The fourth-order valence-corrected chi connectivity index (χ4v) is 4.32. The number of rotatable bonds is 7. The van der Waals surface area contributed by atoms with Crippen molar-refractivity contribution in [3.8, 4) is 0 Å². The average molecular weight is 425 g/mol. The van der Waals surface area contributed by atoms with Gasteiger partial charge in [0.2, 0.25) is 5.91 Å². The number of aryl methyl sites for hydroxylation is 3. The normalized spacial score (nSPS) is 13.2. The number of halogens is 1. The van der Waals surface area contributed by atoms with Crippen LogP contribution >= 0.6 is 0 Å². The van der Waals surface area contributed by atoms with Crippen molar-refractivity contribution in [1.82, 2.24) is 24.8 Å². The summed E-state index contributed by atoms with van der Waals surface area (Å²) in [4.78, 5) is 24.3. The highest BCUT2D eigenvalue weighted by Gasteiger charge is 2.19. The number of nitrogen functional groups attached to an aromatic ring is 1. The quantitative estimate of drug-likeness (QED) is 0.568. The number of aromatic nitrogens is 4. The molecule has 0 radical (unpaired) electrons. The smallest absolute Gasteiger partial charge is 0.312 e. The molecule has 7 nitrogen and oxygen atoms in total. The lowest BCUT2D eigenvalue weighted by Gasteiger charge is -2.13. The summed E-state index contributed by atoms with van der Waals surface area (Å²) in [6.07, 6.45) is 3.60. The van der Waals surface area contributed by atoms with Crippen LogP contribution in [0.4, 0.5) is 10.2 Å². The second kappa shape index (κ2) is 8.61. The predicted octanol–water partition coefficient (Wildman–Crippen LogP) is 3.10. The molecule has 0 unspecified atom stereocenters. The van der Waals surface area contributed by atoms with E-state index in [1.54, 1.807) is 0 Å². The molecule has 0 atom stereocenters. The molecular weight excluding hydrogens is 395 g/mol. The van der Waals surface area contributed by atoms with Crippen LogP contribution in [-0.2, 0) is 30.6 Å². The monoisotopic (exact) mass is 424 g/mol. The zero-order valence-corrected chi connectivity index (χ0v) is 18.3. The summed E-state index contributed by atoms with van der Waals surface area (Å²) < 4.78 is 15.8. The third kappa shape index (κ3) is 4.52. The SMILES string of the molecule is Cc1cc2c(cc1Cc1nc3c(N)nc(F)nc3n1CCNC(=O)CC(C)C)CCC2. The van der Waals surface area contributed by atoms with Crippen LogP contribution < -0.4 is 11.1 Å². The number of benzene rings is 1. The first kappa shape index (κ1) is 21.2. The van der Waals surface area contributed by atoms with Crippen LogP contribution in [-0.4, -0.2) is 32.0 Å². The van der Waals surface area contributed by atoms with E-state index in [0.29, 0.717) is 37.1 Å². The van der Waals surface area contributed by atoms with E-state index < -0.39 is 6.08 Å². The summed E-state index contributed by atoms with van der Waals surface area (Å²) in [5.41, 5.74) is 11.9. The van der Waals surface area contributed by atoms with Crippen LogP contribution in [0.5, 0.6) is 0 Å². The van der Waals surface area contributed by atoms with E-state index in [2.05, 4.69) is 39.3 Å². The molecule has 0 fully saturated rings. The Balaban J connectivity index is 1.65. The van der Waals surface area contributed by atoms with Gasteiger partial charge in [-0.3, -0.25) is 4.79 Å². The van der Waals surface area contributed by atoms with E-state index in [-0.39, 0.29) is 17.6 Å². The van der Waals surface area contributed by atoms with E-state index >= 15 is 0 Å². The minimum Gasteiger partial charge on any atom is -0.382 e. The first-order valence-electron chi connectivity index (χ1n) is 10.9. The van der Waals surface area contributed by atoms with Crippen molar-refractivity contribution in [2.24, 2.45) is 5.92 Å². The molecule has 4 rings (SSSR count). The van der Waals surface area contributed by atoms with Crippen LogP contribution in [0.3, 0.4) is 0 Å². The van der Waals surface area contributed by atoms with Gasteiger partial charge in [-0.2, -0.15) is 14.4 Å². The number of hydrogen-bond donors (Lipinski definition) is 2. The third-order valence-corrected chi connectivity index (χ3v) is 5.82. The number of nitrogens with one attached hydrogen (secondary N) is 1. The summed E-state index contributed by atoms with van der Waals surface area (Å²) in [6.45, 7) is 6.94. The molecule has 0 saturated carbocycles. The maximum absolute atomic E-state index is 13.9. The van der Waals surface area contributed by atoms with Crippen LogP contribution in [0.2, 0.25) is 0 Å². The Morgan fingerprint density at radius 3 is 2.71 bits per heavy atom. The molecule has 1 aliphatic carbocycles. The van der Waals surface area contributed by atoms with Gasteiger partial charge in [0.25, 0.3) is 0 Å². The summed E-state index contributed by atoms with van der Waals surface area (Å²) in [6, 6.07) is 4.53. The van der Waals surface area contributed by atoms with Crippen LogP contribution in [0.1, 0.15) is 54.8 Å². The minimum atomic E-state index is -0.879. The van der Waals surface area contributed by atoms with Crippen LogP contribution in [0, 0.1) is 18.9 Å². The lowest BCUT2D eigenvalue weighted by molar-refractivity contribution is -0.121. The predicted molar refractivity (Wildman–Crippen MR) is 118 cm³/mol. The standard InChI is InChI=1S/C23H29FN6O/c1-13(2)9-19(31)26-7-8-30-18(27-20-21(25)28-23(24)29-22(20)30)12-17-11-16-6-4-5-15(16)10-14(17)3/h10-11,13H,4-9,12H2,1-3H3,(H,26,31)(H2,25,28,29). The molecule has 0 aliphatic heterocycles. The fraction of sp³-hybridized carbons (Fsp3) is 0.478. The highest BCUT2D eigenvalue weighted by molar-refractivity contribution is 5.82. The van der Waals surface area contributed by atoms with Gasteiger partial charge >= 0.3 is 6.08 Å². The highest BCUT2D eigenvalue weighted by atomic mass is 19.1. The second-order valence-electron chi connectivity index (χ2n) is 8.76. The number of carbonyl (C=O) groups is 1. The van der Waals surface area contributed by atoms with Gasteiger partial charge in [0.05, 0.1) is 0 Å². The van der Waals surface area contributed by atoms with Gasteiger partial charge in [0.1, 0.15) is 5.82 Å². The average Bonchev–Trinajstić information content (AvgIpc) is 3.26. The Hall–Kier alpha value is -3.03. The zero-order valence-electron chi connectivity index (χ0n) is 18.3. The number of fused-ring (bicyclic) bond motifs is 2. The maximum atomic E-state index is 13.9. The van der Waals surface area contributed by atoms with Gasteiger partial charge in [-0.1, -0.05) is 26.0 Å². The molecule has 2 heterocycles. The molecule has 8 heteroatoms. The van der Waals surface area contributed by atoms with E-state index in [9.17, 15) is 9.18 Å². The summed E-state index contributed by atoms with van der Waals surface area (Å²) in [5.74, 6) is 1.04. The number of hydrogen-bond acceptors (Lipinski definition) is 5. The Labute approximate surface area is 181 Å². The summed E-state index contributed by atoms with van der Waals surface area (Å²) in [7, 11) is 0. The van der Waals surface area contributed by atoms with E-state index in [0.717, 1.165) is 18.7 Å². The van der Waals surface area contributed by atoms with Crippen molar-refractivity contribution < 1.29 is 9.18 Å². The Kier molecular flexibility index (Phi) is 5.89. The molecule has 0 spiro atoms. The maximum Gasteiger partial charge on any atom is 0.312 e. The number of nitrogens with zero attached hydrogens (tertiary/aromatic N) is 4. The van der Waals surface area contributed by atoms with Gasteiger partial charge in [-0.15, -0.1) is 0 Å². The van der Waals surface area contributed by atoms with E-state index in [1.165, 1.54) is 28.7 Å². The Morgan fingerprint density at radius 1 is 1.23 bits per heavy atom. The van der Waals surface area contributed by atoms with Crippen molar-refractivity contribution in [3.63, 3.8) is 0 Å². The van der Waals surface area contributed by atoms with Crippen molar-refractivity contribution in [2.45, 2.75) is 59.4 Å². The molecular formula is C23H29FN6O. The lowest BCUT2D eigenvalue weighted by atomic mass is 9.98. The molecule has 2 aromatic heterocycles. The molecule has 1 aliphatic rings. The number of amides is 1. The Morgan fingerprint density at radius 2 is 1.97 bits per heavy atom. The molecule has 1 aromatic carbocycles. The van der Waals surface area contributed by atoms with Crippen molar-refractivity contribution in [2.75, 3.05) is 12.3 Å². The van der Waals surface area contributed by atoms with E-state index in [4.69, 9.17) is 5.73 Å². The molecule has 0 bridgehead atoms.